The van der Waals surface area contributed by atoms with E-state index in [0.29, 0.717) is 29.2 Å². The van der Waals surface area contributed by atoms with Gasteiger partial charge in [-0.3, -0.25) is 0 Å². The SMILES string of the molecule is Cc1cc(-c2cnc(NC3CCCC3)nc2-c2ccco2)on1. The van der Waals surface area contributed by atoms with Crippen LogP contribution in [0.5, 0.6) is 0 Å². The molecule has 0 radical (unpaired) electrons. The van der Waals surface area contributed by atoms with Crippen LogP contribution in [0.1, 0.15) is 31.4 Å². The van der Waals surface area contributed by atoms with Crippen LogP contribution < -0.4 is 5.32 Å². The van der Waals surface area contributed by atoms with E-state index in [1.54, 1.807) is 12.5 Å². The molecule has 3 aromatic heterocycles. The number of nitrogens with one attached hydrogen (secondary N) is 1. The summed E-state index contributed by atoms with van der Waals surface area (Å²) in [6.07, 6.45) is 8.26. The topological polar surface area (TPSA) is 77.0 Å². The van der Waals surface area contributed by atoms with E-state index < -0.39 is 0 Å². The lowest BCUT2D eigenvalue weighted by Gasteiger charge is -2.13. The van der Waals surface area contributed by atoms with Crippen molar-refractivity contribution in [3.8, 4) is 22.8 Å². The lowest BCUT2D eigenvalue weighted by atomic mass is 10.1. The van der Waals surface area contributed by atoms with Crippen LogP contribution in [0, 0.1) is 6.92 Å². The molecule has 3 heterocycles. The second kappa shape index (κ2) is 5.87. The van der Waals surface area contributed by atoms with Gasteiger partial charge in [0, 0.05) is 18.3 Å². The summed E-state index contributed by atoms with van der Waals surface area (Å²) in [4.78, 5) is 9.11. The van der Waals surface area contributed by atoms with E-state index >= 15 is 0 Å². The van der Waals surface area contributed by atoms with Crippen molar-refractivity contribution in [2.75, 3.05) is 5.32 Å². The Morgan fingerprint density at radius 1 is 1.22 bits per heavy atom. The van der Waals surface area contributed by atoms with Crippen molar-refractivity contribution in [1.29, 1.82) is 0 Å². The standard InChI is InChI=1S/C17H18N4O2/c1-11-9-15(23-21-11)13-10-18-17(19-12-5-2-3-6-12)20-16(13)14-7-4-8-22-14/h4,7-10,12H,2-3,5-6H2,1H3,(H,18,19,20). The number of furan rings is 1. The summed E-state index contributed by atoms with van der Waals surface area (Å²) in [5.41, 5.74) is 2.30. The molecule has 0 unspecified atom stereocenters. The number of hydrogen-bond acceptors (Lipinski definition) is 6. The number of aryl methyl sites for hydroxylation is 1. The van der Waals surface area contributed by atoms with Gasteiger partial charge in [0.2, 0.25) is 5.95 Å². The molecule has 0 atom stereocenters. The molecule has 0 amide bonds. The zero-order valence-electron chi connectivity index (χ0n) is 13.0. The number of nitrogens with zero attached hydrogens (tertiary/aromatic N) is 3. The van der Waals surface area contributed by atoms with Crippen molar-refractivity contribution in [3.63, 3.8) is 0 Å². The van der Waals surface area contributed by atoms with Crippen molar-refractivity contribution in [3.05, 3.63) is 36.4 Å². The first-order valence-electron chi connectivity index (χ1n) is 7.91. The number of rotatable bonds is 4. The van der Waals surface area contributed by atoms with Crippen molar-refractivity contribution in [1.82, 2.24) is 15.1 Å². The maximum atomic E-state index is 5.53. The van der Waals surface area contributed by atoms with Crippen LogP contribution >= 0.6 is 0 Å². The lowest BCUT2D eigenvalue weighted by molar-refractivity contribution is 0.427. The molecule has 1 N–H and O–H groups in total. The second-order valence-electron chi connectivity index (χ2n) is 5.89. The molecule has 0 spiro atoms. The Morgan fingerprint density at radius 2 is 2.09 bits per heavy atom. The predicted octanol–water partition coefficient (Wildman–Crippen LogP) is 4.05. The van der Waals surface area contributed by atoms with Gasteiger partial charge in [0.05, 0.1) is 17.5 Å². The molecule has 0 saturated heterocycles. The van der Waals surface area contributed by atoms with Gasteiger partial charge in [-0.05, 0) is 31.9 Å². The van der Waals surface area contributed by atoms with Gasteiger partial charge < -0.3 is 14.3 Å². The van der Waals surface area contributed by atoms with Gasteiger partial charge in [0.15, 0.2) is 11.5 Å². The quantitative estimate of drug-likeness (QED) is 0.783. The van der Waals surface area contributed by atoms with Crippen LogP contribution in [-0.2, 0) is 0 Å². The monoisotopic (exact) mass is 310 g/mol. The van der Waals surface area contributed by atoms with Crippen molar-refractivity contribution in [2.24, 2.45) is 0 Å². The highest BCUT2D eigenvalue weighted by atomic mass is 16.5. The summed E-state index contributed by atoms with van der Waals surface area (Å²) in [5, 5.41) is 7.36. The Labute approximate surface area is 133 Å². The van der Waals surface area contributed by atoms with Crippen LogP contribution in [0.15, 0.2) is 39.6 Å². The Balaban J connectivity index is 1.73. The first-order valence-corrected chi connectivity index (χ1v) is 7.91. The highest BCUT2D eigenvalue weighted by molar-refractivity contribution is 5.75. The molecule has 23 heavy (non-hydrogen) atoms. The van der Waals surface area contributed by atoms with Crippen LogP contribution in [0.25, 0.3) is 22.8 Å². The van der Waals surface area contributed by atoms with E-state index in [2.05, 4.69) is 20.4 Å². The van der Waals surface area contributed by atoms with Crippen LogP contribution in [0.3, 0.4) is 0 Å². The first kappa shape index (κ1) is 14.0. The maximum Gasteiger partial charge on any atom is 0.223 e. The smallest absolute Gasteiger partial charge is 0.223 e. The summed E-state index contributed by atoms with van der Waals surface area (Å²) < 4.78 is 10.9. The maximum absolute atomic E-state index is 5.53. The minimum Gasteiger partial charge on any atom is -0.463 e. The third kappa shape index (κ3) is 2.84. The van der Waals surface area contributed by atoms with Gasteiger partial charge in [-0.15, -0.1) is 0 Å². The van der Waals surface area contributed by atoms with Gasteiger partial charge in [-0.2, -0.15) is 0 Å². The van der Waals surface area contributed by atoms with Crippen molar-refractivity contribution in [2.45, 2.75) is 38.6 Å². The van der Waals surface area contributed by atoms with Gasteiger partial charge >= 0.3 is 0 Å². The molecule has 1 aliphatic carbocycles. The van der Waals surface area contributed by atoms with Gasteiger partial charge in [0.1, 0.15) is 5.69 Å². The summed E-state index contributed by atoms with van der Waals surface area (Å²) in [6, 6.07) is 6.05. The van der Waals surface area contributed by atoms with E-state index in [4.69, 9.17) is 8.94 Å². The fourth-order valence-corrected chi connectivity index (χ4v) is 2.98. The Morgan fingerprint density at radius 3 is 2.78 bits per heavy atom. The second-order valence-corrected chi connectivity index (χ2v) is 5.89. The van der Waals surface area contributed by atoms with E-state index in [0.717, 1.165) is 11.3 Å². The molecule has 3 aromatic rings. The number of aromatic nitrogens is 3. The predicted molar refractivity (Wildman–Crippen MR) is 85.8 cm³/mol. The van der Waals surface area contributed by atoms with Crippen molar-refractivity contribution >= 4 is 5.95 Å². The third-order valence-corrected chi connectivity index (χ3v) is 4.13. The largest absolute Gasteiger partial charge is 0.463 e. The molecule has 118 valence electrons. The average Bonchev–Trinajstić information content (AvgIpc) is 3.29. The van der Waals surface area contributed by atoms with Gasteiger partial charge in [0.25, 0.3) is 0 Å². The molecule has 1 aliphatic rings. The highest BCUT2D eigenvalue weighted by Crippen LogP contribution is 2.32. The summed E-state index contributed by atoms with van der Waals surface area (Å²) in [5.74, 6) is 1.95. The fourth-order valence-electron chi connectivity index (χ4n) is 2.98. The van der Waals surface area contributed by atoms with Crippen molar-refractivity contribution < 1.29 is 8.94 Å². The molecule has 6 nitrogen and oxygen atoms in total. The molecular weight excluding hydrogens is 292 g/mol. The summed E-state index contributed by atoms with van der Waals surface area (Å²) in [7, 11) is 0. The zero-order chi connectivity index (χ0) is 15.6. The number of hydrogen-bond donors (Lipinski definition) is 1. The summed E-state index contributed by atoms with van der Waals surface area (Å²) in [6.45, 7) is 1.89. The van der Waals surface area contributed by atoms with E-state index in [9.17, 15) is 0 Å². The van der Waals surface area contributed by atoms with Crippen LogP contribution in [0.4, 0.5) is 5.95 Å². The molecule has 0 aliphatic heterocycles. The Kier molecular flexibility index (Phi) is 3.57. The van der Waals surface area contributed by atoms with E-state index in [1.165, 1.54) is 25.7 Å². The molecule has 4 rings (SSSR count). The molecule has 6 heteroatoms. The molecule has 0 aromatic carbocycles. The normalized spacial score (nSPS) is 15.2. The minimum atomic E-state index is 0.456. The number of anilines is 1. The van der Waals surface area contributed by atoms with E-state index in [-0.39, 0.29) is 0 Å². The highest BCUT2D eigenvalue weighted by Gasteiger charge is 2.20. The van der Waals surface area contributed by atoms with Crippen LogP contribution in [0.2, 0.25) is 0 Å². The lowest BCUT2D eigenvalue weighted by Crippen LogP contribution is -2.16. The summed E-state index contributed by atoms with van der Waals surface area (Å²) >= 11 is 0. The Bertz CT molecular complexity index is 789. The zero-order valence-corrected chi connectivity index (χ0v) is 13.0. The Hall–Kier alpha value is -2.63. The first-order chi connectivity index (χ1) is 11.3. The fraction of sp³-hybridized carbons (Fsp3) is 0.353. The van der Waals surface area contributed by atoms with Gasteiger partial charge in [-0.1, -0.05) is 18.0 Å². The van der Waals surface area contributed by atoms with Crippen LogP contribution in [-0.4, -0.2) is 21.2 Å². The van der Waals surface area contributed by atoms with E-state index in [1.807, 2.05) is 25.1 Å². The third-order valence-electron chi connectivity index (χ3n) is 4.13. The minimum absolute atomic E-state index is 0.456. The molecule has 0 bridgehead atoms. The van der Waals surface area contributed by atoms with Gasteiger partial charge in [-0.25, -0.2) is 9.97 Å². The molecular formula is C17H18N4O2. The molecule has 1 saturated carbocycles. The molecule has 1 fully saturated rings. The average molecular weight is 310 g/mol.